The minimum atomic E-state index is 0. The Kier molecular flexibility index (Phi) is 6.85. The molecule has 0 saturated heterocycles. The Hall–Kier alpha value is -2.30. The highest BCUT2D eigenvalue weighted by molar-refractivity contribution is 5.85. The molecule has 0 aliphatic carbocycles. The smallest absolute Gasteiger partial charge is 0.120 e. The van der Waals surface area contributed by atoms with Crippen LogP contribution in [0.5, 0.6) is 5.75 Å². The molecule has 4 nitrogen and oxygen atoms in total. The van der Waals surface area contributed by atoms with Gasteiger partial charge < -0.3 is 10.5 Å². The minimum absolute atomic E-state index is 0. The maximum Gasteiger partial charge on any atom is 0.120 e. The van der Waals surface area contributed by atoms with Crippen LogP contribution in [-0.2, 0) is 13.2 Å². The van der Waals surface area contributed by atoms with Crippen molar-refractivity contribution in [1.29, 1.82) is 0 Å². The molecule has 24 heavy (non-hydrogen) atoms. The zero-order valence-corrected chi connectivity index (χ0v) is 14.3. The van der Waals surface area contributed by atoms with Gasteiger partial charge in [-0.2, -0.15) is 5.10 Å². The van der Waals surface area contributed by atoms with Gasteiger partial charge in [0.15, 0.2) is 0 Å². The van der Waals surface area contributed by atoms with E-state index in [-0.39, 0.29) is 12.4 Å². The average molecular weight is 344 g/mol. The summed E-state index contributed by atoms with van der Waals surface area (Å²) in [7, 11) is 0. The molecule has 0 unspecified atom stereocenters. The minimum Gasteiger partial charge on any atom is -0.489 e. The monoisotopic (exact) mass is 343 g/mol. The standard InChI is InChI=1S/C19H21N3O.ClH/c20-10-5-11-22-14-18(13-21-22)17-8-4-9-19(12-17)23-15-16-6-2-1-3-7-16;/h1-4,6-9,12-14H,5,10-11,15,20H2;1H. The summed E-state index contributed by atoms with van der Waals surface area (Å²) in [5.74, 6) is 0.862. The second kappa shape index (κ2) is 9.11. The molecule has 1 heterocycles. The predicted octanol–water partition coefficient (Wildman–Crippen LogP) is 3.90. The highest BCUT2D eigenvalue weighted by Gasteiger charge is 2.04. The molecule has 5 heteroatoms. The Morgan fingerprint density at radius 1 is 1.00 bits per heavy atom. The summed E-state index contributed by atoms with van der Waals surface area (Å²) in [4.78, 5) is 0. The fourth-order valence-corrected chi connectivity index (χ4v) is 2.39. The number of aromatic nitrogens is 2. The maximum absolute atomic E-state index is 5.88. The molecule has 0 aliphatic rings. The zero-order chi connectivity index (χ0) is 15.9. The first-order valence-corrected chi connectivity index (χ1v) is 7.85. The first-order chi connectivity index (χ1) is 11.3. The number of rotatable bonds is 7. The normalized spacial score (nSPS) is 10.2. The zero-order valence-electron chi connectivity index (χ0n) is 13.5. The highest BCUT2D eigenvalue weighted by atomic mass is 35.5. The second-order valence-electron chi connectivity index (χ2n) is 5.44. The summed E-state index contributed by atoms with van der Waals surface area (Å²) in [6, 6.07) is 18.3. The van der Waals surface area contributed by atoms with Crippen LogP contribution in [0.4, 0.5) is 0 Å². The van der Waals surface area contributed by atoms with Gasteiger partial charge in [0.25, 0.3) is 0 Å². The van der Waals surface area contributed by atoms with E-state index in [9.17, 15) is 0 Å². The maximum atomic E-state index is 5.88. The van der Waals surface area contributed by atoms with E-state index in [4.69, 9.17) is 10.5 Å². The van der Waals surface area contributed by atoms with Crippen LogP contribution >= 0.6 is 12.4 Å². The largest absolute Gasteiger partial charge is 0.489 e. The number of hydrogen-bond acceptors (Lipinski definition) is 3. The van der Waals surface area contributed by atoms with E-state index in [1.807, 2.05) is 53.5 Å². The summed E-state index contributed by atoms with van der Waals surface area (Å²) < 4.78 is 7.81. The first kappa shape index (κ1) is 18.0. The molecule has 0 bridgehead atoms. The fraction of sp³-hybridized carbons (Fsp3) is 0.211. The van der Waals surface area contributed by atoms with Gasteiger partial charge in [-0.05, 0) is 36.2 Å². The van der Waals surface area contributed by atoms with Crippen LogP contribution in [0.25, 0.3) is 11.1 Å². The molecule has 0 spiro atoms. The molecule has 0 saturated carbocycles. The van der Waals surface area contributed by atoms with Crippen molar-refractivity contribution < 1.29 is 4.74 Å². The molecule has 0 amide bonds. The molecule has 0 atom stereocenters. The van der Waals surface area contributed by atoms with Crippen LogP contribution in [0.2, 0.25) is 0 Å². The Bertz CT molecular complexity index is 743. The van der Waals surface area contributed by atoms with Crippen LogP contribution in [0.15, 0.2) is 67.0 Å². The topological polar surface area (TPSA) is 53.1 Å². The number of aryl methyl sites for hydroxylation is 1. The molecular formula is C19H22ClN3O. The van der Waals surface area contributed by atoms with Gasteiger partial charge in [0, 0.05) is 18.3 Å². The lowest BCUT2D eigenvalue weighted by molar-refractivity contribution is 0.306. The third-order valence-corrected chi connectivity index (χ3v) is 3.64. The van der Waals surface area contributed by atoms with Crippen molar-refractivity contribution in [2.75, 3.05) is 6.54 Å². The summed E-state index contributed by atoms with van der Waals surface area (Å²) in [5.41, 5.74) is 8.89. The second-order valence-corrected chi connectivity index (χ2v) is 5.44. The number of ether oxygens (including phenoxy) is 1. The van der Waals surface area contributed by atoms with E-state index in [0.29, 0.717) is 13.2 Å². The molecule has 3 rings (SSSR count). The molecule has 2 aromatic carbocycles. The van der Waals surface area contributed by atoms with E-state index < -0.39 is 0 Å². The van der Waals surface area contributed by atoms with E-state index >= 15 is 0 Å². The lowest BCUT2D eigenvalue weighted by Crippen LogP contribution is -2.05. The van der Waals surface area contributed by atoms with E-state index in [1.165, 1.54) is 0 Å². The molecule has 2 N–H and O–H groups in total. The molecule has 1 aromatic heterocycles. The average Bonchev–Trinajstić information content (AvgIpc) is 3.08. The van der Waals surface area contributed by atoms with Crippen molar-refractivity contribution in [2.45, 2.75) is 19.6 Å². The summed E-state index contributed by atoms with van der Waals surface area (Å²) >= 11 is 0. The van der Waals surface area contributed by atoms with Gasteiger partial charge >= 0.3 is 0 Å². The molecule has 0 radical (unpaired) electrons. The fourth-order valence-electron chi connectivity index (χ4n) is 2.39. The lowest BCUT2D eigenvalue weighted by atomic mass is 10.1. The van der Waals surface area contributed by atoms with Gasteiger partial charge in [0.1, 0.15) is 12.4 Å². The van der Waals surface area contributed by atoms with E-state index in [1.54, 1.807) is 0 Å². The number of nitrogens with two attached hydrogens (primary N) is 1. The van der Waals surface area contributed by atoms with Crippen molar-refractivity contribution in [3.63, 3.8) is 0 Å². The van der Waals surface area contributed by atoms with Crippen LogP contribution in [0.1, 0.15) is 12.0 Å². The molecule has 3 aromatic rings. The molecule has 126 valence electrons. The third-order valence-electron chi connectivity index (χ3n) is 3.64. The van der Waals surface area contributed by atoms with Crippen molar-refractivity contribution in [3.8, 4) is 16.9 Å². The molecule has 0 fully saturated rings. The number of halogens is 1. The van der Waals surface area contributed by atoms with Gasteiger partial charge in [-0.15, -0.1) is 12.4 Å². The Balaban J connectivity index is 0.00000208. The number of nitrogens with zero attached hydrogens (tertiary/aromatic N) is 2. The highest BCUT2D eigenvalue weighted by Crippen LogP contribution is 2.24. The summed E-state index contributed by atoms with van der Waals surface area (Å²) in [5, 5.41) is 4.37. The number of hydrogen-bond donors (Lipinski definition) is 1. The Morgan fingerprint density at radius 2 is 1.83 bits per heavy atom. The summed E-state index contributed by atoms with van der Waals surface area (Å²) in [6.07, 6.45) is 4.86. The van der Waals surface area contributed by atoms with Gasteiger partial charge in [0.05, 0.1) is 6.20 Å². The third kappa shape index (κ3) is 4.85. The van der Waals surface area contributed by atoms with Gasteiger partial charge in [-0.3, -0.25) is 4.68 Å². The van der Waals surface area contributed by atoms with Crippen molar-refractivity contribution in [3.05, 3.63) is 72.6 Å². The predicted molar refractivity (Wildman–Crippen MR) is 99.4 cm³/mol. The number of benzene rings is 2. The van der Waals surface area contributed by atoms with Gasteiger partial charge in [0.2, 0.25) is 0 Å². The Labute approximate surface area is 148 Å². The van der Waals surface area contributed by atoms with Crippen LogP contribution < -0.4 is 10.5 Å². The van der Waals surface area contributed by atoms with Crippen molar-refractivity contribution in [2.24, 2.45) is 5.73 Å². The Morgan fingerprint density at radius 3 is 2.62 bits per heavy atom. The van der Waals surface area contributed by atoms with Crippen molar-refractivity contribution >= 4 is 12.4 Å². The summed E-state index contributed by atoms with van der Waals surface area (Å²) in [6.45, 7) is 2.10. The molecular weight excluding hydrogens is 322 g/mol. The SMILES string of the molecule is Cl.NCCCn1cc(-c2cccc(OCc3ccccc3)c2)cn1. The van der Waals surface area contributed by atoms with E-state index in [2.05, 4.69) is 23.3 Å². The first-order valence-electron chi connectivity index (χ1n) is 7.85. The van der Waals surface area contributed by atoms with Crippen LogP contribution in [-0.4, -0.2) is 16.3 Å². The van der Waals surface area contributed by atoms with Gasteiger partial charge in [-0.25, -0.2) is 0 Å². The van der Waals surface area contributed by atoms with E-state index in [0.717, 1.165) is 35.4 Å². The van der Waals surface area contributed by atoms with Crippen molar-refractivity contribution in [1.82, 2.24) is 9.78 Å². The lowest BCUT2D eigenvalue weighted by Gasteiger charge is -2.07. The van der Waals surface area contributed by atoms with Gasteiger partial charge in [-0.1, -0.05) is 42.5 Å². The quantitative estimate of drug-likeness (QED) is 0.707. The van der Waals surface area contributed by atoms with Crippen LogP contribution in [0, 0.1) is 0 Å². The molecule has 0 aliphatic heterocycles. The van der Waals surface area contributed by atoms with Crippen LogP contribution in [0.3, 0.4) is 0 Å².